The third kappa shape index (κ3) is 4.18. The fourth-order valence-corrected chi connectivity index (χ4v) is 3.65. The normalized spacial score (nSPS) is 14.9. The van der Waals surface area contributed by atoms with Gasteiger partial charge in [0.05, 0.1) is 13.2 Å². The zero-order valence-electron chi connectivity index (χ0n) is 16.4. The Bertz CT molecular complexity index is 1050. The molecular formula is C20H23N4NaO3. The quantitative estimate of drug-likeness (QED) is 0.478. The molecule has 0 spiro atoms. The summed E-state index contributed by atoms with van der Waals surface area (Å²) in [5.41, 5.74) is 1.54. The van der Waals surface area contributed by atoms with Crippen LogP contribution >= 0.6 is 0 Å². The zero-order valence-corrected chi connectivity index (χ0v) is 18.4. The van der Waals surface area contributed by atoms with Crippen LogP contribution in [0, 0.1) is 6.92 Å². The largest absolute Gasteiger partial charge is 1.00 e. The van der Waals surface area contributed by atoms with Crippen LogP contribution < -0.4 is 45.8 Å². The molecule has 1 fully saturated rings. The molecule has 28 heavy (non-hydrogen) atoms. The predicted molar refractivity (Wildman–Crippen MR) is 104 cm³/mol. The van der Waals surface area contributed by atoms with Crippen LogP contribution in [0.1, 0.15) is 12.1 Å². The summed E-state index contributed by atoms with van der Waals surface area (Å²) < 4.78 is 8.43. The summed E-state index contributed by atoms with van der Waals surface area (Å²) in [6.07, 6.45) is 0.854. The fourth-order valence-electron chi connectivity index (χ4n) is 3.65. The van der Waals surface area contributed by atoms with Gasteiger partial charge in [0.2, 0.25) is 11.1 Å². The van der Waals surface area contributed by atoms with Gasteiger partial charge in [-0.2, -0.15) is 0 Å². The number of hydrogen-bond donors (Lipinski definition) is 0. The van der Waals surface area contributed by atoms with Crippen LogP contribution in [0.15, 0.2) is 46.0 Å². The van der Waals surface area contributed by atoms with E-state index in [9.17, 15) is 9.59 Å². The molecule has 0 aliphatic carbocycles. The molecular weight excluding hydrogens is 367 g/mol. The van der Waals surface area contributed by atoms with E-state index < -0.39 is 0 Å². The minimum Gasteiger partial charge on any atom is -0.587 e. The molecule has 0 bridgehead atoms. The third-order valence-corrected chi connectivity index (χ3v) is 5.12. The summed E-state index contributed by atoms with van der Waals surface area (Å²) in [6, 6.07) is 10.7. The Hall–Kier alpha value is -1.64. The number of ether oxygens (including phenoxy) is 1. The number of fused-ring (bicyclic) bond motifs is 1. The van der Waals surface area contributed by atoms with E-state index in [4.69, 9.17) is 4.74 Å². The summed E-state index contributed by atoms with van der Waals surface area (Å²) in [6.45, 7) is 6.74. The third-order valence-electron chi connectivity index (χ3n) is 5.12. The van der Waals surface area contributed by atoms with Gasteiger partial charge in [-0.25, -0.2) is 0 Å². The van der Waals surface area contributed by atoms with Crippen LogP contribution in [0.2, 0.25) is 0 Å². The number of aromatic nitrogens is 3. The molecule has 1 aliphatic heterocycles. The molecule has 3 heterocycles. The number of morpholine rings is 1. The predicted octanol–water partition coefficient (Wildman–Crippen LogP) is -1.86. The number of rotatable bonds is 5. The molecule has 0 unspecified atom stereocenters. The molecule has 0 amide bonds. The molecule has 1 aliphatic rings. The van der Waals surface area contributed by atoms with Gasteiger partial charge in [-0.05, 0) is 31.5 Å². The van der Waals surface area contributed by atoms with Gasteiger partial charge in [-0.1, -0.05) is 18.2 Å². The first-order valence-electron chi connectivity index (χ1n) is 9.31. The van der Waals surface area contributed by atoms with Gasteiger partial charge in [0.15, 0.2) is 0 Å². The number of pyridine rings is 1. The van der Waals surface area contributed by atoms with E-state index in [1.54, 1.807) is 4.57 Å². The minimum absolute atomic E-state index is 0. The molecule has 0 radical (unpaired) electrons. The average Bonchev–Trinajstić information content (AvgIpc) is 3.02. The van der Waals surface area contributed by atoms with Crippen molar-refractivity contribution < 1.29 is 34.3 Å². The van der Waals surface area contributed by atoms with Crippen LogP contribution in [0.25, 0.3) is 16.6 Å². The molecule has 1 aromatic carbocycles. The van der Waals surface area contributed by atoms with Gasteiger partial charge in [-0.3, -0.25) is 14.5 Å². The van der Waals surface area contributed by atoms with Crippen molar-refractivity contribution in [3.05, 3.63) is 62.8 Å². The number of hydrogen-bond acceptors (Lipinski definition) is 4. The maximum Gasteiger partial charge on any atom is 1.00 e. The zero-order chi connectivity index (χ0) is 18.8. The van der Waals surface area contributed by atoms with Crippen molar-refractivity contribution in [1.82, 2.24) is 19.2 Å². The van der Waals surface area contributed by atoms with Crippen LogP contribution in [0.5, 0.6) is 0 Å². The van der Waals surface area contributed by atoms with Crippen LogP contribution in [-0.4, -0.2) is 47.0 Å². The van der Waals surface area contributed by atoms with Gasteiger partial charge in [0.25, 0.3) is 0 Å². The Balaban J connectivity index is 0.00000225. The molecule has 4 rings (SSSR count). The Kier molecular flexibility index (Phi) is 6.95. The second-order valence-electron chi connectivity index (χ2n) is 6.84. The molecule has 7 nitrogen and oxygen atoms in total. The van der Waals surface area contributed by atoms with E-state index in [0.29, 0.717) is 28.8 Å². The van der Waals surface area contributed by atoms with E-state index in [1.807, 2.05) is 37.3 Å². The SMILES string of the molecule is Cc1c2c(=O)n(-c3ccccc3)[n-]c2cc(=O)n1CCCN1CCOCC1.[Na+]. The van der Waals surface area contributed by atoms with Crippen molar-refractivity contribution in [2.24, 2.45) is 0 Å². The Morgan fingerprint density at radius 3 is 2.50 bits per heavy atom. The topological polar surface area (TPSA) is 70.6 Å². The maximum atomic E-state index is 12.9. The van der Waals surface area contributed by atoms with E-state index in [1.165, 1.54) is 10.7 Å². The maximum absolute atomic E-state index is 12.9. The molecule has 2 aromatic heterocycles. The summed E-state index contributed by atoms with van der Waals surface area (Å²) in [7, 11) is 0. The first-order chi connectivity index (χ1) is 13.1. The molecule has 3 aromatic rings. The monoisotopic (exact) mass is 390 g/mol. The van der Waals surface area contributed by atoms with Gasteiger partial charge < -0.3 is 19.1 Å². The molecule has 8 heteroatoms. The number of para-hydroxylation sites is 1. The number of benzene rings is 1. The van der Waals surface area contributed by atoms with Gasteiger partial charge in [0, 0.05) is 42.9 Å². The second kappa shape index (κ2) is 9.24. The van der Waals surface area contributed by atoms with Crippen LogP contribution in [0.4, 0.5) is 0 Å². The standard InChI is InChI=1S/C20H24N4O3.Na/c1-15-19-17(21-24(20(19)26)16-6-3-2-4-7-16)14-18(25)23(15)9-5-8-22-10-12-27-13-11-22;/h2-4,6-7,14H,5,8-13H2,1H3,(H,21,25);/q;+1/p-1. The molecule has 0 saturated carbocycles. The summed E-state index contributed by atoms with van der Waals surface area (Å²) in [4.78, 5) is 27.8. The van der Waals surface area contributed by atoms with E-state index in [-0.39, 0.29) is 40.7 Å². The van der Waals surface area contributed by atoms with Crippen molar-refractivity contribution in [3.8, 4) is 5.69 Å². The summed E-state index contributed by atoms with van der Waals surface area (Å²) >= 11 is 0. The summed E-state index contributed by atoms with van der Waals surface area (Å²) in [5, 5.41) is 4.89. The molecule has 142 valence electrons. The van der Waals surface area contributed by atoms with E-state index in [0.717, 1.165) is 39.3 Å². The van der Waals surface area contributed by atoms with Crippen molar-refractivity contribution in [3.63, 3.8) is 0 Å². The number of aryl methyl sites for hydroxylation is 1. The van der Waals surface area contributed by atoms with E-state index >= 15 is 0 Å². The smallest absolute Gasteiger partial charge is 0.587 e. The van der Waals surface area contributed by atoms with E-state index in [2.05, 4.69) is 10.00 Å². The number of nitrogens with zero attached hydrogens (tertiary/aromatic N) is 4. The Labute approximate surface area is 185 Å². The molecule has 1 saturated heterocycles. The van der Waals surface area contributed by atoms with Crippen LogP contribution in [-0.2, 0) is 11.3 Å². The first-order valence-corrected chi connectivity index (χ1v) is 9.31. The molecule has 0 N–H and O–H groups in total. The van der Waals surface area contributed by atoms with Crippen LogP contribution in [0.3, 0.4) is 0 Å². The fraction of sp³-hybridized carbons (Fsp3) is 0.400. The second-order valence-corrected chi connectivity index (χ2v) is 6.84. The van der Waals surface area contributed by atoms with Gasteiger partial charge in [-0.15, -0.1) is 5.52 Å². The Morgan fingerprint density at radius 1 is 1.07 bits per heavy atom. The van der Waals surface area contributed by atoms with Crippen molar-refractivity contribution in [1.29, 1.82) is 0 Å². The van der Waals surface area contributed by atoms with Crippen molar-refractivity contribution >= 4 is 10.9 Å². The Morgan fingerprint density at radius 2 is 1.79 bits per heavy atom. The average molecular weight is 390 g/mol. The minimum atomic E-state index is -0.185. The van der Waals surface area contributed by atoms with Crippen molar-refractivity contribution in [2.45, 2.75) is 19.9 Å². The van der Waals surface area contributed by atoms with Gasteiger partial charge in [0.1, 0.15) is 0 Å². The van der Waals surface area contributed by atoms with Crippen molar-refractivity contribution in [2.75, 3.05) is 32.8 Å². The molecule has 0 atom stereocenters. The van der Waals surface area contributed by atoms with Gasteiger partial charge >= 0.3 is 29.6 Å². The summed E-state index contributed by atoms with van der Waals surface area (Å²) in [5.74, 6) is 0. The first kappa shape index (κ1) is 21.1.